The van der Waals surface area contributed by atoms with Crippen LogP contribution in [0.1, 0.15) is 12.0 Å². The van der Waals surface area contributed by atoms with Gasteiger partial charge in [-0.05, 0) is 54.8 Å². The van der Waals surface area contributed by atoms with Crippen molar-refractivity contribution in [1.82, 2.24) is 4.98 Å². The molecule has 1 heterocycles. The summed E-state index contributed by atoms with van der Waals surface area (Å²) in [6.45, 7) is 0. The summed E-state index contributed by atoms with van der Waals surface area (Å²) in [5, 5.41) is 3.78. The third-order valence-corrected chi connectivity index (χ3v) is 3.86. The Balaban J connectivity index is 1.59. The van der Waals surface area contributed by atoms with Gasteiger partial charge in [0, 0.05) is 17.3 Å². The van der Waals surface area contributed by atoms with E-state index in [-0.39, 0.29) is 11.7 Å². The van der Waals surface area contributed by atoms with E-state index in [1.807, 2.05) is 24.3 Å². The Hall–Kier alpha value is -2.79. The third kappa shape index (κ3) is 3.94. The molecule has 5 heteroatoms. The molecule has 0 bridgehead atoms. The van der Waals surface area contributed by atoms with Crippen molar-refractivity contribution >= 4 is 22.5 Å². The largest absolute Gasteiger partial charge is 0.325 e. The monoisotopic (exact) mass is 323 g/mol. The molecule has 0 spiro atoms. The Labute approximate surface area is 139 Å². The van der Waals surface area contributed by atoms with Crippen molar-refractivity contribution in [3.63, 3.8) is 0 Å². The van der Waals surface area contributed by atoms with E-state index in [0.29, 0.717) is 18.5 Å². The first-order valence-corrected chi connectivity index (χ1v) is 7.77. The van der Waals surface area contributed by atoms with Gasteiger partial charge in [0.05, 0.1) is 11.6 Å². The summed E-state index contributed by atoms with van der Waals surface area (Å²) in [5.41, 5.74) is 8.48. The predicted molar refractivity (Wildman–Crippen MR) is 93.1 cm³/mol. The minimum atomic E-state index is -0.625. The van der Waals surface area contributed by atoms with Crippen LogP contribution in [0.4, 0.5) is 10.1 Å². The number of hydrogen-bond donors (Lipinski definition) is 2. The molecule has 0 aliphatic heterocycles. The molecule has 0 aliphatic carbocycles. The van der Waals surface area contributed by atoms with E-state index < -0.39 is 6.04 Å². The quantitative estimate of drug-likeness (QED) is 0.757. The molecule has 0 saturated heterocycles. The van der Waals surface area contributed by atoms with Gasteiger partial charge >= 0.3 is 0 Å². The molecule has 0 radical (unpaired) electrons. The number of aromatic nitrogens is 1. The molecule has 2 aromatic carbocycles. The highest BCUT2D eigenvalue weighted by Gasteiger charge is 2.14. The molecular formula is C19H18FN3O. The van der Waals surface area contributed by atoms with Gasteiger partial charge in [-0.25, -0.2) is 4.39 Å². The van der Waals surface area contributed by atoms with E-state index >= 15 is 0 Å². The number of pyridine rings is 1. The van der Waals surface area contributed by atoms with Crippen molar-refractivity contribution in [2.75, 3.05) is 5.32 Å². The summed E-state index contributed by atoms with van der Waals surface area (Å²) in [5.74, 6) is -0.507. The van der Waals surface area contributed by atoms with Crippen molar-refractivity contribution in [3.05, 3.63) is 72.2 Å². The second kappa shape index (κ2) is 7.19. The number of nitrogens with two attached hydrogens (primary N) is 1. The zero-order valence-electron chi connectivity index (χ0n) is 13.1. The molecule has 3 aromatic rings. The maximum atomic E-state index is 12.9. The van der Waals surface area contributed by atoms with Gasteiger partial charge < -0.3 is 11.1 Å². The number of rotatable bonds is 5. The molecule has 4 nitrogen and oxygen atoms in total. The summed E-state index contributed by atoms with van der Waals surface area (Å²) in [6, 6.07) is 14.9. The molecular weight excluding hydrogens is 305 g/mol. The normalized spacial score (nSPS) is 12.1. The van der Waals surface area contributed by atoms with Gasteiger partial charge in [0.2, 0.25) is 5.91 Å². The maximum absolute atomic E-state index is 12.9. The lowest BCUT2D eigenvalue weighted by molar-refractivity contribution is -0.117. The molecule has 1 amide bonds. The molecule has 122 valence electrons. The lowest BCUT2D eigenvalue weighted by Crippen LogP contribution is -2.36. The Kier molecular flexibility index (Phi) is 4.82. The first kappa shape index (κ1) is 16.1. The van der Waals surface area contributed by atoms with Crippen molar-refractivity contribution in [2.45, 2.75) is 18.9 Å². The molecule has 1 aromatic heterocycles. The highest BCUT2D eigenvalue weighted by molar-refractivity contribution is 5.96. The summed E-state index contributed by atoms with van der Waals surface area (Å²) in [4.78, 5) is 16.5. The van der Waals surface area contributed by atoms with E-state index in [0.717, 1.165) is 16.5 Å². The van der Waals surface area contributed by atoms with Crippen LogP contribution in [0.25, 0.3) is 10.9 Å². The lowest BCUT2D eigenvalue weighted by atomic mass is 10.1. The number of nitrogens with one attached hydrogen (secondary N) is 1. The second-order valence-corrected chi connectivity index (χ2v) is 5.67. The van der Waals surface area contributed by atoms with Crippen molar-refractivity contribution < 1.29 is 9.18 Å². The van der Waals surface area contributed by atoms with Gasteiger partial charge in [-0.3, -0.25) is 9.78 Å². The van der Waals surface area contributed by atoms with Crippen molar-refractivity contribution in [2.24, 2.45) is 5.73 Å². The summed E-state index contributed by atoms with van der Waals surface area (Å²) >= 11 is 0. The topological polar surface area (TPSA) is 68.0 Å². The van der Waals surface area contributed by atoms with Crippen LogP contribution in [0.15, 0.2) is 60.8 Å². The van der Waals surface area contributed by atoms with Crippen LogP contribution < -0.4 is 11.1 Å². The number of amides is 1. The first-order valence-electron chi connectivity index (χ1n) is 7.77. The molecule has 0 saturated carbocycles. The average molecular weight is 323 g/mol. The standard InChI is InChI=1S/C19H18FN3O/c20-15-6-3-13(4-7-15)5-9-17(21)19(24)23-16-8-10-18-14(12-16)2-1-11-22-18/h1-4,6-8,10-12,17H,5,9,21H2,(H,23,24)/t17-/m1/s1. The summed E-state index contributed by atoms with van der Waals surface area (Å²) < 4.78 is 12.9. The highest BCUT2D eigenvalue weighted by Crippen LogP contribution is 2.17. The Morgan fingerprint density at radius 2 is 1.96 bits per heavy atom. The van der Waals surface area contributed by atoms with Crippen LogP contribution in [0.5, 0.6) is 0 Å². The predicted octanol–water partition coefficient (Wildman–Crippen LogP) is 3.27. The lowest BCUT2D eigenvalue weighted by Gasteiger charge is -2.12. The molecule has 1 atom stereocenters. The van der Waals surface area contributed by atoms with E-state index in [9.17, 15) is 9.18 Å². The van der Waals surface area contributed by atoms with E-state index in [2.05, 4.69) is 10.3 Å². The minimum Gasteiger partial charge on any atom is -0.325 e. The molecule has 0 unspecified atom stereocenters. The number of halogens is 1. The van der Waals surface area contributed by atoms with Crippen molar-refractivity contribution in [1.29, 1.82) is 0 Å². The van der Waals surface area contributed by atoms with Gasteiger partial charge in [-0.15, -0.1) is 0 Å². The van der Waals surface area contributed by atoms with Crippen LogP contribution in [-0.4, -0.2) is 16.9 Å². The Morgan fingerprint density at radius 3 is 2.75 bits per heavy atom. The molecule has 24 heavy (non-hydrogen) atoms. The van der Waals surface area contributed by atoms with Crippen LogP contribution in [0.3, 0.4) is 0 Å². The zero-order valence-corrected chi connectivity index (χ0v) is 13.1. The number of anilines is 1. The zero-order chi connectivity index (χ0) is 16.9. The van der Waals surface area contributed by atoms with Gasteiger partial charge in [0.25, 0.3) is 0 Å². The van der Waals surface area contributed by atoms with E-state index in [4.69, 9.17) is 5.73 Å². The maximum Gasteiger partial charge on any atom is 0.241 e. The average Bonchev–Trinajstić information content (AvgIpc) is 2.61. The fourth-order valence-corrected chi connectivity index (χ4v) is 2.49. The van der Waals surface area contributed by atoms with Crippen LogP contribution in [0.2, 0.25) is 0 Å². The fraction of sp³-hybridized carbons (Fsp3) is 0.158. The van der Waals surface area contributed by atoms with Gasteiger partial charge in [0.1, 0.15) is 5.82 Å². The molecule has 3 N–H and O–H groups in total. The summed E-state index contributed by atoms with van der Waals surface area (Å²) in [6.07, 6.45) is 2.84. The Bertz CT molecular complexity index is 849. The number of nitrogens with zero attached hydrogens (tertiary/aromatic N) is 1. The number of hydrogen-bond acceptors (Lipinski definition) is 3. The SMILES string of the molecule is N[C@H](CCc1ccc(F)cc1)C(=O)Nc1ccc2ncccc2c1. The first-order chi connectivity index (χ1) is 11.6. The molecule has 3 rings (SSSR count). The van der Waals surface area contributed by atoms with E-state index in [1.54, 1.807) is 24.4 Å². The second-order valence-electron chi connectivity index (χ2n) is 5.67. The van der Waals surface area contributed by atoms with Gasteiger partial charge in [-0.2, -0.15) is 0 Å². The van der Waals surface area contributed by atoms with Crippen molar-refractivity contribution in [3.8, 4) is 0 Å². The number of carbonyl (C=O) groups is 1. The number of aryl methyl sites for hydroxylation is 1. The van der Waals surface area contributed by atoms with Gasteiger partial charge in [-0.1, -0.05) is 18.2 Å². The van der Waals surface area contributed by atoms with Crippen LogP contribution in [0, 0.1) is 5.82 Å². The summed E-state index contributed by atoms with van der Waals surface area (Å²) in [7, 11) is 0. The number of fused-ring (bicyclic) bond motifs is 1. The Morgan fingerprint density at radius 1 is 1.17 bits per heavy atom. The number of carbonyl (C=O) groups excluding carboxylic acids is 1. The van der Waals surface area contributed by atoms with Crippen LogP contribution >= 0.6 is 0 Å². The smallest absolute Gasteiger partial charge is 0.241 e. The number of benzene rings is 2. The fourth-order valence-electron chi connectivity index (χ4n) is 2.49. The van der Waals surface area contributed by atoms with E-state index in [1.165, 1.54) is 12.1 Å². The highest BCUT2D eigenvalue weighted by atomic mass is 19.1. The molecule has 0 fully saturated rings. The molecule has 0 aliphatic rings. The third-order valence-electron chi connectivity index (χ3n) is 3.86. The van der Waals surface area contributed by atoms with Crippen LogP contribution in [-0.2, 0) is 11.2 Å². The van der Waals surface area contributed by atoms with Gasteiger partial charge in [0.15, 0.2) is 0 Å². The minimum absolute atomic E-state index is 0.236.